The lowest BCUT2D eigenvalue weighted by Crippen LogP contribution is -2.59. The Hall–Kier alpha value is -0.200. The zero-order valence-corrected chi connectivity index (χ0v) is 11.8. The van der Waals surface area contributed by atoms with Gasteiger partial charge in [0, 0.05) is 57.9 Å². The van der Waals surface area contributed by atoms with Crippen LogP contribution >= 0.6 is 0 Å². The van der Waals surface area contributed by atoms with Crippen LogP contribution in [0.1, 0.15) is 6.92 Å². The number of hydrogen-bond donors (Lipinski definition) is 1. The quantitative estimate of drug-likeness (QED) is 0.719. The molecule has 2 fully saturated rings. The van der Waals surface area contributed by atoms with Crippen molar-refractivity contribution in [3.63, 3.8) is 0 Å². The normalized spacial score (nSPS) is 32.8. The summed E-state index contributed by atoms with van der Waals surface area (Å²) in [6.07, 6.45) is 0. The molecule has 18 heavy (non-hydrogen) atoms. The van der Waals surface area contributed by atoms with Gasteiger partial charge in [-0.15, -0.1) is 0 Å². The standard InChI is InChI=1S/C13H28N4O/c1-12-10-17(11-13(9-14)15(12)2)4-3-16-5-7-18-8-6-16/h12-13H,3-11,14H2,1-2H3. The van der Waals surface area contributed by atoms with Gasteiger partial charge in [-0.1, -0.05) is 0 Å². The third-order valence-corrected chi connectivity index (χ3v) is 4.37. The fourth-order valence-electron chi connectivity index (χ4n) is 2.89. The van der Waals surface area contributed by atoms with Crippen LogP contribution in [-0.4, -0.2) is 92.9 Å². The van der Waals surface area contributed by atoms with E-state index in [4.69, 9.17) is 10.5 Å². The predicted octanol–water partition coefficient (Wildman–Crippen LogP) is -0.718. The van der Waals surface area contributed by atoms with Crippen LogP contribution in [0, 0.1) is 0 Å². The third kappa shape index (κ3) is 3.65. The van der Waals surface area contributed by atoms with Gasteiger partial charge >= 0.3 is 0 Å². The first-order valence-corrected chi connectivity index (χ1v) is 7.15. The number of rotatable bonds is 4. The van der Waals surface area contributed by atoms with Crippen molar-refractivity contribution in [2.75, 3.05) is 66.1 Å². The minimum Gasteiger partial charge on any atom is -0.379 e. The van der Waals surface area contributed by atoms with Gasteiger partial charge in [-0.3, -0.25) is 14.7 Å². The number of morpholine rings is 1. The Kier molecular flexibility index (Phi) is 5.38. The number of nitrogens with two attached hydrogens (primary N) is 1. The zero-order valence-electron chi connectivity index (χ0n) is 11.8. The van der Waals surface area contributed by atoms with Crippen LogP contribution in [0.2, 0.25) is 0 Å². The van der Waals surface area contributed by atoms with Gasteiger partial charge < -0.3 is 10.5 Å². The highest BCUT2D eigenvalue weighted by Gasteiger charge is 2.28. The Balaban J connectivity index is 1.75. The summed E-state index contributed by atoms with van der Waals surface area (Å²) in [7, 11) is 2.20. The van der Waals surface area contributed by atoms with Crippen molar-refractivity contribution in [1.82, 2.24) is 14.7 Å². The van der Waals surface area contributed by atoms with E-state index in [0.717, 1.165) is 59.0 Å². The Morgan fingerprint density at radius 3 is 2.44 bits per heavy atom. The van der Waals surface area contributed by atoms with Crippen molar-refractivity contribution in [2.24, 2.45) is 5.73 Å². The van der Waals surface area contributed by atoms with E-state index < -0.39 is 0 Å². The number of likely N-dealkylation sites (N-methyl/N-ethyl adjacent to an activating group) is 1. The Labute approximate surface area is 111 Å². The molecule has 2 rings (SSSR count). The molecule has 0 aromatic heterocycles. The fourth-order valence-corrected chi connectivity index (χ4v) is 2.89. The molecule has 2 aliphatic rings. The molecule has 0 bridgehead atoms. The van der Waals surface area contributed by atoms with E-state index in [9.17, 15) is 0 Å². The third-order valence-electron chi connectivity index (χ3n) is 4.37. The van der Waals surface area contributed by atoms with Crippen molar-refractivity contribution in [3.05, 3.63) is 0 Å². The Morgan fingerprint density at radius 1 is 1.11 bits per heavy atom. The van der Waals surface area contributed by atoms with Crippen LogP contribution in [0.5, 0.6) is 0 Å². The molecule has 2 saturated heterocycles. The van der Waals surface area contributed by atoms with Gasteiger partial charge in [-0.25, -0.2) is 0 Å². The van der Waals surface area contributed by atoms with E-state index in [-0.39, 0.29) is 0 Å². The summed E-state index contributed by atoms with van der Waals surface area (Å²) in [5, 5.41) is 0. The molecular weight excluding hydrogens is 228 g/mol. The molecule has 2 N–H and O–H groups in total. The maximum Gasteiger partial charge on any atom is 0.0594 e. The first-order valence-electron chi connectivity index (χ1n) is 7.15. The second-order valence-electron chi connectivity index (χ2n) is 5.62. The maximum atomic E-state index is 5.86. The molecular formula is C13H28N4O. The molecule has 0 aromatic rings. The summed E-state index contributed by atoms with van der Waals surface area (Å²) in [5.41, 5.74) is 5.86. The second-order valence-corrected chi connectivity index (χ2v) is 5.62. The van der Waals surface area contributed by atoms with E-state index in [1.807, 2.05) is 0 Å². The van der Waals surface area contributed by atoms with Crippen LogP contribution in [0.3, 0.4) is 0 Å². The summed E-state index contributed by atoms with van der Waals surface area (Å²) in [5.74, 6) is 0. The lowest BCUT2D eigenvalue weighted by atomic mass is 10.1. The lowest BCUT2D eigenvalue weighted by molar-refractivity contribution is 0.0189. The molecule has 0 saturated carbocycles. The van der Waals surface area contributed by atoms with Crippen molar-refractivity contribution < 1.29 is 4.74 Å². The van der Waals surface area contributed by atoms with Crippen LogP contribution in [0.4, 0.5) is 0 Å². The molecule has 0 amide bonds. The molecule has 2 atom stereocenters. The number of ether oxygens (including phenoxy) is 1. The van der Waals surface area contributed by atoms with Gasteiger partial charge in [-0.2, -0.15) is 0 Å². The highest BCUT2D eigenvalue weighted by atomic mass is 16.5. The van der Waals surface area contributed by atoms with Crippen molar-refractivity contribution >= 4 is 0 Å². The van der Waals surface area contributed by atoms with Gasteiger partial charge in [0.2, 0.25) is 0 Å². The molecule has 0 spiro atoms. The van der Waals surface area contributed by atoms with E-state index >= 15 is 0 Å². The fraction of sp³-hybridized carbons (Fsp3) is 1.00. The van der Waals surface area contributed by atoms with Crippen molar-refractivity contribution in [2.45, 2.75) is 19.0 Å². The lowest BCUT2D eigenvalue weighted by Gasteiger charge is -2.44. The number of hydrogen-bond acceptors (Lipinski definition) is 5. The number of nitrogens with zero attached hydrogens (tertiary/aromatic N) is 3. The average molecular weight is 256 g/mol. The van der Waals surface area contributed by atoms with Gasteiger partial charge in [0.05, 0.1) is 13.2 Å². The minimum absolute atomic E-state index is 0.512. The van der Waals surface area contributed by atoms with Gasteiger partial charge in [0.15, 0.2) is 0 Å². The van der Waals surface area contributed by atoms with Crippen LogP contribution < -0.4 is 5.73 Å². The summed E-state index contributed by atoms with van der Waals surface area (Å²) < 4.78 is 5.38. The van der Waals surface area contributed by atoms with E-state index in [1.165, 1.54) is 0 Å². The zero-order chi connectivity index (χ0) is 13.0. The molecule has 2 heterocycles. The summed E-state index contributed by atoms with van der Waals surface area (Å²) in [4.78, 5) is 7.49. The highest BCUT2D eigenvalue weighted by Crippen LogP contribution is 2.12. The number of piperazine rings is 1. The molecule has 5 heteroatoms. The van der Waals surface area contributed by atoms with Gasteiger partial charge in [0.25, 0.3) is 0 Å². The van der Waals surface area contributed by atoms with Gasteiger partial charge in [-0.05, 0) is 14.0 Å². The molecule has 2 unspecified atom stereocenters. The summed E-state index contributed by atoms with van der Waals surface area (Å²) in [6.45, 7) is 11.6. The highest BCUT2D eigenvalue weighted by molar-refractivity contribution is 4.86. The molecule has 106 valence electrons. The summed E-state index contributed by atoms with van der Waals surface area (Å²) >= 11 is 0. The topological polar surface area (TPSA) is 45.0 Å². The smallest absolute Gasteiger partial charge is 0.0594 e. The van der Waals surface area contributed by atoms with E-state index in [2.05, 4.69) is 28.7 Å². The Bertz CT molecular complexity index is 245. The van der Waals surface area contributed by atoms with Crippen molar-refractivity contribution in [1.29, 1.82) is 0 Å². The van der Waals surface area contributed by atoms with Crippen LogP contribution in [0.15, 0.2) is 0 Å². The largest absolute Gasteiger partial charge is 0.379 e. The second kappa shape index (κ2) is 6.82. The minimum atomic E-state index is 0.512. The Morgan fingerprint density at radius 2 is 1.78 bits per heavy atom. The van der Waals surface area contributed by atoms with Crippen molar-refractivity contribution in [3.8, 4) is 0 Å². The van der Waals surface area contributed by atoms with E-state index in [0.29, 0.717) is 12.1 Å². The maximum absolute atomic E-state index is 5.86. The first-order chi connectivity index (χ1) is 8.70. The SMILES string of the molecule is CC1CN(CCN2CCOCC2)CC(CN)N1C. The molecule has 0 radical (unpaired) electrons. The molecule has 2 aliphatic heterocycles. The predicted molar refractivity (Wildman–Crippen MR) is 73.8 cm³/mol. The monoisotopic (exact) mass is 256 g/mol. The first kappa shape index (κ1) is 14.2. The molecule has 0 aromatic carbocycles. The molecule has 0 aliphatic carbocycles. The van der Waals surface area contributed by atoms with E-state index in [1.54, 1.807) is 0 Å². The molecule has 5 nitrogen and oxygen atoms in total. The van der Waals surface area contributed by atoms with Crippen LogP contribution in [0.25, 0.3) is 0 Å². The van der Waals surface area contributed by atoms with Gasteiger partial charge in [0.1, 0.15) is 0 Å². The average Bonchev–Trinajstić information content (AvgIpc) is 2.41. The summed E-state index contributed by atoms with van der Waals surface area (Å²) in [6, 6.07) is 1.12. The van der Waals surface area contributed by atoms with Crippen LogP contribution in [-0.2, 0) is 4.74 Å².